The predicted molar refractivity (Wildman–Crippen MR) is 44.3 cm³/mol. The van der Waals surface area contributed by atoms with Gasteiger partial charge in [0.1, 0.15) is 0 Å². The lowest BCUT2D eigenvalue weighted by Gasteiger charge is -2.39. The van der Waals surface area contributed by atoms with Crippen molar-refractivity contribution in [2.45, 2.75) is 31.7 Å². The Hall–Kier alpha value is -0.220. The Kier molecular flexibility index (Phi) is 3.01. The Balaban J connectivity index is 2.54. The summed E-state index contributed by atoms with van der Waals surface area (Å²) >= 11 is 0. The fourth-order valence-electron chi connectivity index (χ4n) is 1.65. The van der Waals surface area contributed by atoms with Crippen molar-refractivity contribution in [2.75, 3.05) is 19.6 Å². The number of alkyl halides is 2. The fourth-order valence-corrected chi connectivity index (χ4v) is 1.65. The largest absolute Gasteiger partial charge is 0.319 e. The first-order chi connectivity index (χ1) is 5.58. The molecule has 72 valence electrons. The molecule has 1 atom stereocenters. The number of likely N-dealkylation sites (N-methyl/N-ethyl adjacent to an activating group) is 1. The van der Waals surface area contributed by atoms with E-state index in [-0.39, 0.29) is 0 Å². The average molecular weight is 178 g/mol. The summed E-state index contributed by atoms with van der Waals surface area (Å²) in [6.45, 7) is 4.02. The smallest absolute Gasteiger partial charge is 0.257 e. The molecular weight excluding hydrogens is 162 g/mol. The maximum atomic E-state index is 12.5. The summed E-state index contributed by atoms with van der Waals surface area (Å²) in [5.74, 6) is 0. The van der Waals surface area contributed by atoms with Crippen LogP contribution in [0.4, 0.5) is 8.78 Å². The van der Waals surface area contributed by atoms with Gasteiger partial charge in [-0.1, -0.05) is 6.92 Å². The van der Waals surface area contributed by atoms with Gasteiger partial charge in [0.25, 0.3) is 6.43 Å². The molecule has 1 saturated heterocycles. The van der Waals surface area contributed by atoms with Crippen molar-refractivity contribution in [3.05, 3.63) is 0 Å². The third-order valence-electron chi connectivity index (χ3n) is 2.52. The van der Waals surface area contributed by atoms with E-state index in [9.17, 15) is 8.78 Å². The van der Waals surface area contributed by atoms with E-state index < -0.39 is 12.0 Å². The molecule has 0 bridgehead atoms. The van der Waals surface area contributed by atoms with Crippen LogP contribution in [0.5, 0.6) is 0 Å². The van der Waals surface area contributed by atoms with Gasteiger partial charge in [-0.05, 0) is 25.9 Å². The van der Waals surface area contributed by atoms with Crippen molar-refractivity contribution in [1.82, 2.24) is 4.90 Å². The summed E-state index contributed by atoms with van der Waals surface area (Å²) in [6.07, 6.45) is -1.16. The summed E-state index contributed by atoms with van der Waals surface area (Å²) in [7, 11) is 0. The first kappa shape index (κ1) is 9.86. The molecule has 0 amide bonds. The second-order valence-electron chi connectivity index (χ2n) is 3.51. The molecule has 0 aliphatic carbocycles. The minimum atomic E-state index is -2.40. The molecular formula is C8H16F2N2. The van der Waals surface area contributed by atoms with Gasteiger partial charge in [0.15, 0.2) is 0 Å². The number of hydrogen-bond donors (Lipinski definition) is 1. The first-order valence-corrected chi connectivity index (χ1v) is 4.38. The lowest BCUT2D eigenvalue weighted by Crippen LogP contribution is -2.58. The van der Waals surface area contributed by atoms with Crippen LogP contribution in [-0.2, 0) is 0 Å². The predicted octanol–water partition coefficient (Wildman–Crippen LogP) is 1.06. The van der Waals surface area contributed by atoms with Gasteiger partial charge in [-0.3, -0.25) is 0 Å². The highest BCUT2D eigenvalue weighted by Gasteiger charge is 2.39. The molecule has 1 rings (SSSR count). The molecule has 0 aromatic rings. The number of hydrogen-bond acceptors (Lipinski definition) is 2. The molecule has 4 heteroatoms. The number of piperidine rings is 1. The Morgan fingerprint density at radius 3 is 2.75 bits per heavy atom. The number of rotatable bonds is 2. The van der Waals surface area contributed by atoms with Crippen molar-refractivity contribution in [1.29, 1.82) is 0 Å². The van der Waals surface area contributed by atoms with E-state index in [2.05, 4.69) is 0 Å². The highest BCUT2D eigenvalue weighted by molar-refractivity contribution is 4.93. The zero-order valence-corrected chi connectivity index (χ0v) is 7.39. The van der Waals surface area contributed by atoms with Crippen LogP contribution in [0.25, 0.3) is 0 Å². The molecule has 1 fully saturated rings. The lowest BCUT2D eigenvalue weighted by atomic mass is 9.90. The van der Waals surface area contributed by atoms with Gasteiger partial charge in [-0.25, -0.2) is 8.78 Å². The summed E-state index contributed by atoms with van der Waals surface area (Å²) in [6, 6.07) is 0. The van der Waals surface area contributed by atoms with Crippen LogP contribution in [0.3, 0.4) is 0 Å². The third-order valence-corrected chi connectivity index (χ3v) is 2.52. The second-order valence-corrected chi connectivity index (χ2v) is 3.51. The van der Waals surface area contributed by atoms with Gasteiger partial charge >= 0.3 is 0 Å². The second kappa shape index (κ2) is 3.66. The highest BCUT2D eigenvalue weighted by atomic mass is 19.3. The van der Waals surface area contributed by atoms with Crippen molar-refractivity contribution < 1.29 is 8.78 Å². The van der Waals surface area contributed by atoms with Gasteiger partial charge in [0.05, 0.1) is 5.54 Å². The minimum Gasteiger partial charge on any atom is -0.319 e. The van der Waals surface area contributed by atoms with Crippen LogP contribution in [0.15, 0.2) is 0 Å². The quantitative estimate of drug-likeness (QED) is 0.685. The van der Waals surface area contributed by atoms with Gasteiger partial charge in [-0.15, -0.1) is 0 Å². The van der Waals surface area contributed by atoms with E-state index in [0.29, 0.717) is 13.0 Å². The SMILES string of the molecule is CCN1CCCC(N)(C(F)F)C1. The average Bonchev–Trinajstić information content (AvgIpc) is 2.04. The molecule has 0 spiro atoms. The topological polar surface area (TPSA) is 29.3 Å². The molecule has 12 heavy (non-hydrogen) atoms. The molecule has 0 aromatic heterocycles. The Labute approximate surface area is 71.7 Å². The zero-order valence-electron chi connectivity index (χ0n) is 7.39. The van der Waals surface area contributed by atoms with E-state index in [1.807, 2.05) is 11.8 Å². The Bertz CT molecular complexity index is 152. The van der Waals surface area contributed by atoms with Crippen LogP contribution in [0, 0.1) is 0 Å². The fraction of sp³-hybridized carbons (Fsp3) is 1.00. The van der Waals surface area contributed by atoms with E-state index in [1.165, 1.54) is 0 Å². The van der Waals surface area contributed by atoms with E-state index in [0.717, 1.165) is 19.5 Å². The zero-order chi connectivity index (χ0) is 9.19. The van der Waals surface area contributed by atoms with Crippen LogP contribution in [-0.4, -0.2) is 36.5 Å². The number of nitrogens with zero attached hydrogens (tertiary/aromatic N) is 1. The van der Waals surface area contributed by atoms with Crippen molar-refractivity contribution in [3.63, 3.8) is 0 Å². The van der Waals surface area contributed by atoms with E-state index in [4.69, 9.17) is 5.73 Å². The van der Waals surface area contributed by atoms with Crippen molar-refractivity contribution in [2.24, 2.45) is 5.73 Å². The highest BCUT2D eigenvalue weighted by Crippen LogP contribution is 2.24. The van der Waals surface area contributed by atoms with Crippen LogP contribution < -0.4 is 5.73 Å². The Morgan fingerprint density at radius 2 is 2.25 bits per heavy atom. The molecule has 1 unspecified atom stereocenters. The summed E-state index contributed by atoms with van der Waals surface area (Å²) in [4.78, 5) is 1.98. The van der Waals surface area contributed by atoms with Gasteiger partial charge in [0.2, 0.25) is 0 Å². The number of halogens is 2. The molecule has 0 saturated carbocycles. The van der Waals surface area contributed by atoms with E-state index >= 15 is 0 Å². The van der Waals surface area contributed by atoms with E-state index in [1.54, 1.807) is 0 Å². The summed E-state index contributed by atoms with van der Waals surface area (Å²) < 4.78 is 24.9. The van der Waals surface area contributed by atoms with Crippen molar-refractivity contribution in [3.8, 4) is 0 Å². The van der Waals surface area contributed by atoms with Crippen LogP contribution in [0.1, 0.15) is 19.8 Å². The van der Waals surface area contributed by atoms with Gasteiger partial charge in [0, 0.05) is 6.54 Å². The lowest BCUT2D eigenvalue weighted by molar-refractivity contribution is 0.00593. The first-order valence-electron chi connectivity index (χ1n) is 4.38. The van der Waals surface area contributed by atoms with Gasteiger partial charge < -0.3 is 10.6 Å². The standard InChI is InChI=1S/C8H16F2N2/c1-2-12-5-3-4-8(11,6-12)7(9)10/h7H,2-6,11H2,1H3. The van der Waals surface area contributed by atoms with Crippen LogP contribution in [0.2, 0.25) is 0 Å². The molecule has 1 heterocycles. The molecule has 0 radical (unpaired) electrons. The summed E-state index contributed by atoms with van der Waals surface area (Å²) in [5.41, 5.74) is 4.32. The molecule has 1 aliphatic heterocycles. The maximum absolute atomic E-state index is 12.5. The Morgan fingerprint density at radius 1 is 1.58 bits per heavy atom. The molecule has 0 aromatic carbocycles. The monoisotopic (exact) mass is 178 g/mol. The summed E-state index contributed by atoms with van der Waals surface area (Å²) in [5, 5.41) is 0. The third kappa shape index (κ3) is 1.93. The van der Waals surface area contributed by atoms with Crippen molar-refractivity contribution >= 4 is 0 Å². The molecule has 2 nitrogen and oxygen atoms in total. The molecule has 2 N–H and O–H groups in total. The molecule has 1 aliphatic rings. The maximum Gasteiger partial charge on any atom is 0.257 e. The number of nitrogens with two attached hydrogens (primary N) is 1. The van der Waals surface area contributed by atoms with Crippen LogP contribution >= 0.6 is 0 Å². The minimum absolute atomic E-state index is 0.334. The normalized spacial score (nSPS) is 32.8. The number of likely N-dealkylation sites (tertiary alicyclic amines) is 1. The van der Waals surface area contributed by atoms with Gasteiger partial charge in [-0.2, -0.15) is 0 Å².